The minimum absolute atomic E-state index is 0.286. The van der Waals surface area contributed by atoms with Gasteiger partial charge in [0.15, 0.2) is 0 Å². The Morgan fingerprint density at radius 3 is 2.57 bits per heavy atom. The number of amides is 1. The molecule has 28 heavy (non-hydrogen) atoms. The molecule has 7 heteroatoms. The van der Waals surface area contributed by atoms with Crippen LogP contribution in [0.5, 0.6) is 0 Å². The maximum atomic E-state index is 13.5. The molecule has 0 spiro atoms. The maximum absolute atomic E-state index is 13.5. The summed E-state index contributed by atoms with van der Waals surface area (Å²) in [6, 6.07) is 0.335. The average Bonchev–Trinajstić information content (AvgIpc) is 3.15. The molecule has 1 aliphatic heterocycles. The highest BCUT2D eigenvalue weighted by Crippen LogP contribution is 2.37. The first-order chi connectivity index (χ1) is 13.7. The lowest BCUT2D eigenvalue weighted by molar-refractivity contribution is -0.141. The summed E-state index contributed by atoms with van der Waals surface area (Å²) in [5, 5.41) is 6.24. The molecule has 1 amide bonds. The summed E-state index contributed by atoms with van der Waals surface area (Å²) in [5.74, 6) is 0.292. The van der Waals surface area contributed by atoms with Gasteiger partial charge in [-0.2, -0.15) is 0 Å². The lowest BCUT2D eigenvalue weighted by atomic mass is 9.78. The van der Waals surface area contributed by atoms with Gasteiger partial charge in [-0.15, -0.1) is 11.3 Å². The molecule has 1 aromatic heterocycles. The number of nitrogens with zero attached hydrogens (tertiary/aromatic N) is 2. The first kappa shape index (κ1) is 20.6. The Bertz CT molecular complexity index is 646. The molecule has 2 aliphatic carbocycles. The molecular formula is C21H33N3O2S2. The van der Waals surface area contributed by atoms with Crippen molar-refractivity contribution in [2.24, 2.45) is 0 Å². The topological polar surface area (TPSA) is 54.5 Å². The summed E-state index contributed by atoms with van der Waals surface area (Å²) >= 11 is 3.68. The van der Waals surface area contributed by atoms with Crippen LogP contribution in [0.2, 0.25) is 0 Å². The van der Waals surface area contributed by atoms with Gasteiger partial charge in [-0.25, -0.2) is 4.98 Å². The highest BCUT2D eigenvalue weighted by atomic mass is 32.2. The fourth-order valence-corrected chi connectivity index (χ4v) is 7.27. The van der Waals surface area contributed by atoms with Crippen LogP contribution in [-0.4, -0.2) is 58.9 Å². The zero-order valence-corrected chi connectivity index (χ0v) is 18.6. The summed E-state index contributed by atoms with van der Waals surface area (Å²) in [6.07, 6.45) is 10.1. The number of nitrogens with one attached hydrogen (secondary N) is 1. The zero-order chi connectivity index (χ0) is 19.4. The van der Waals surface area contributed by atoms with Crippen LogP contribution in [0.1, 0.15) is 63.5 Å². The van der Waals surface area contributed by atoms with Gasteiger partial charge in [0.2, 0.25) is 5.91 Å². The van der Waals surface area contributed by atoms with Gasteiger partial charge in [-0.1, -0.05) is 31.0 Å². The molecule has 1 saturated heterocycles. The molecule has 2 heterocycles. The normalized spacial score (nSPS) is 28.8. The molecule has 1 aromatic rings. The number of hydrogen-bond acceptors (Lipinski definition) is 6. The van der Waals surface area contributed by atoms with Crippen molar-refractivity contribution in [2.45, 2.75) is 85.9 Å². The Morgan fingerprint density at radius 2 is 1.93 bits per heavy atom. The highest BCUT2D eigenvalue weighted by molar-refractivity contribution is 8.01. The molecule has 4 rings (SSSR count). The van der Waals surface area contributed by atoms with E-state index >= 15 is 0 Å². The van der Waals surface area contributed by atoms with Gasteiger partial charge >= 0.3 is 0 Å². The van der Waals surface area contributed by atoms with Gasteiger partial charge in [0.25, 0.3) is 0 Å². The van der Waals surface area contributed by atoms with Gasteiger partial charge in [0, 0.05) is 35.5 Å². The van der Waals surface area contributed by atoms with Crippen molar-refractivity contribution >= 4 is 29.0 Å². The van der Waals surface area contributed by atoms with E-state index in [4.69, 9.17) is 4.74 Å². The number of hydrogen-bond donors (Lipinski definition) is 1. The third kappa shape index (κ3) is 4.74. The molecule has 0 atom stereocenters. The van der Waals surface area contributed by atoms with Gasteiger partial charge < -0.3 is 10.1 Å². The Kier molecular flexibility index (Phi) is 6.97. The Hall–Kier alpha value is -0.630. The summed E-state index contributed by atoms with van der Waals surface area (Å²) in [5.41, 5.74) is 0.834. The molecular weight excluding hydrogens is 390 g/mol. The number of rotatable bonds is 5. The Labute approximate surface area is 177 Å². The number of aromatic nitrogens is 1. The molecule has 3 aliphatic rings. The Morgan fingerprint density at radius 1 is 1.21 bits per heavy atom. The van der Waals surface area contributed by atoms with Crippen molar-refractivity contribution in [2.75, 3.05) is 26.3 Å². The van der Waals surface area contributed by atoms with Crippen LogP contribution in [0.4, 0.5) is 0 Å². The molecule has 3 fully saturated rings. The predicted molar refractivity (Wildman–Crippen MR) is 115 cm³/mol. The van der Waals surface area contributed by atoms with Crippen molar-refractivity contribution in [3.8, 4) is 0 Å². The fraction of sp³-hybridized carbons (Fsp3) is 0.810. The molecule has 5 nitrogen and oxygen atoms in total. The smallest absolute Gasteiger partial charge is 0.240 e. The average molecular weight is 424 g/mol. The quantitative estimate of drug-likeness (QED) is 0.776. The van der Waals surface area contributed by atoms with Crippen LogP contribution in [0, 0.1) is 6.92 Å². The first-order valence-corrected chi connectivity index (χ1v) is 12.6. The largest absolute Gasteiger partial charge is 0.379 e. The van der Waals surface area contributed by atoms with Crippen LogP contribution < -0.4 is 5.32 Å². The molecule has 156 valence electrons. The highest BCUT2D eigenvalue weighted by Gasteiger charge is 2.45. The van der Waals surface area contributed by atoms with Crippen LogP contribution in [0.15, 0.2) is 9.72 Å². The number of morpholine rings is 1. The van der Waals surface area contributed by atoms with Gasteiger partial charge in [-0.05, 0) is 45.4 Å². The Balaban J connectivity index is 1.32. The van der Waals surface area contributed by atoms with E-state index in [-0.39, 0.29) is 5.54 Å². The molecule has 1 N–H and O–H groups in total. The number of aryl methyl sites for hydroxylation is 1. The van der Waals surface area contributed by atoms with Crippen molar-refractivity contribution in [3.63, 3.8) is 0 Å². The van der Waals surface area contributed by atoms with Crippen LogP contribution in [0.25, 0.3) is 0 Å². The molecule has 0 radical (unpaired) electrons. The second-order valence-corrected chi connectivity index (χ2v) is 10.9. The van der Waals surface area contributed by atoms with E-state index in [2.05, 4.69) is 27.5 Å². The van der Waals surface area contributed by atoms with E-state index in [1.54, 1.807) is 11.3 Å². The fourth-order valence-electron chi connectivity index (χ4n) is 4.99. The van der Waals surface area contributed by atoms with E-state index in [9.17, 15) is 4.79 Å². The summed E-state index contributed by atoms with van der Waals surface area (Å²) < 4.78 is 6.74. The van der Waals surface area contributed by atoms with Crippen molar-refractivity contribution in [3.05, 3.63) is 11.1 Å². The third-order valence-corrected chi connectivity index (χ3v) is 9.02. The zero-order valence-electron chi connectivity index (χ0n) is 17.0. The standard InChI is InChI=1S/C21H33N3O2S2/c1-16-15-27-20(22-16)28-18-7-5-17(6-8-18)23-19(25)21(9-3-2-4-10-21)24-11-13-26-14-12-24/h15,17-18H,2-14H2,1H3,(H,23,25). The van der Waals surface area contributed by atoms with E-state index in [1.807, 2.05) is 11.8 Å². The van der Waals surface area contributed by atoms with E-state index in [0.29, 0.717) is 17.2 Å². The SMILES string of the molecule is Cc1csc(SC2CCC(NC(=O)C3(N4CCOCC4)CCCCC3)CC2)n1. The lowest BCUT2D eigenvalue weighted by Crippen LogP contribution is -2.63. The summed E-state index contributed by atoms with van der Waals surface area (Å²) in [4.78, 5) is 20.5. The minimum atomic E-state index is -0.286. The van der Waals surface area contributed by atoms with Crippen LogP contribution in [0.3, 0.4) is 0 Å². The van der Waals surface area contributed by atoms with Gasteiger partial charge in [-0.3, -0.25) is 9.69 Å². The third-order valence-electron chi connectivity index (χ3n) is 6.59. The number of carbonyl (C=O) groups is 1. The van der Waals surface area contributed by atoms with E-state index in [1.165, 1.54) is 36.4 Å². The molecule has 0 aromatic carbocycles. The maximum Gasteiger partial charge on any atom is 0.240 e. The van der Waals surface area contributed by atoms with E-state index < -0.39 is 0 Å². The van der Waals surface area contributed by atoms with Gasteiger partial charge in [0.05, 0.1) is 13.2 Å². The predicted octanol–water partition coefficient (Wildman–Crippen LogP) is 4.01. The summed E-state index contributed by atoms with van der Waals surface area (Å²) in [7, 11) is 0. The number of ether oxygens (including phenoxy) is 1. The van der Waals surface area contributed by atoms with Crippen molar-refractivity contribution in [1.82, 2.24) is 15.2 Å². The minimum Gasteiger partial charge on any atom is -0.379 e. The van der Waals surface area contributed by atoms with Crippen LogP contribution in [-0.2, 0) is 9.53 Å². The first-order valence-electron chi connectivity index (χ1n) is 10.9. The number of thioether (sulfide) groups is 1. The lowest BCUT2D eigenvalue weighted by Gasteiger charge is -2.47. The molecule has 2 saturated carbocycles. The summed E-state index contributed by atoms with van der Waals surface area (Å²) in [6.45, 7) is 5.36. The van der Waals surface area contributed by atoms with E-state index in [0.717, 1.165) is 57.7 Å². The molecule has 0 bridgehead atoms. The number of carbonyl (C=O) groups excluding carboxylic acids is 1. The number of thiazole rings is 1. The van der Waals surface area contributed by atoms with Crippen LogP contribution >= 0.6 is 23.1 Å². The second-order valence-electron chi connectivity index (χ2n) is 8.51. The van der Waals surface area contributed by atoms with Crippen molar-refractivity contribution in [1.29, 1.82) is 0 Å². The second kappa shape index (κ2) is 9.45. The van der Waals surface area contributed by atoms with Crippen molar-refractivity contribution < 1.29 is 9.53 Å². The van der Waals surface area contributed by atoms with Gasteiger partial charge in [0.1, 0.15) is 9.88 Å². The molecule has 0 unspecified atom stereocenters. The monoisotopic (exact) mass is 423 g/mol.